The number of aromatic nitrogens is 2. The van der Waals surface area contributed by atoms with Crippen LogP contribution < -0.4 is 11.2 Å². The Morgan fingerprint density at radius 2 is 2.31 bits per heavy atom. The molecule has 0 fully saturated rings. The minimum absolute atomic E-state index is 0.176. The molecule has 1 N–H and O–H groups in total. The highest BCUT2D eigenvalue weighted by atomic mass is 16.2. The van der Waals surface area contributed by atoms with Crippen molar-refractivity contribution in [3.63, 3.8) is 0 Å². The minimum atomic E-state index is -0.741. The van der Waals surface area contributed by atoms with Crippen LogP contribution in [0.25, 0.3) is 0 Å². The van der Waals surface area contributed by atoms with Gasteiger partial charge in [-0.1, -0.05) is 0 Å². The van der Waals surface area contributed by atoms with Gasteiger partial charge in [0.05, 0.1) is 6.54 Å². The van der Waals surface area contributed by atoms with E-state index in [0.717, 1.165) is 10.8 Å². The smallest absolute Gasteiger partial charge is 0.301 e. The number of aldehydes is 1. The Morgan fingerprint density at radius 3 is 2.85 bits per heavy atom. The molecule has 0 aliphatic rings. The summed E-state index contributed by atoms with van der Waals surface area (Å²) in [6.07, 6.45) is 1.55. The minimum Gasteiger partial charge on any atom is -0.301 e. The van der Waals surface area contributed by atoms with Crippen LogP contribution in [-0.4, -0.2) is 15.8 Å². The summed E-state index contributed by atoms with van der Waals surface area (Å²) in [7, 11) is 0. The maximum Gasteiger partial charge on any atom is 0.328 e. The molecule has 0 atom stereocenters. The Balaban J connectivity index is 3.41. The molecule has 1 aromatic heterocycles. The molecule has 1 aromatic rings. The fourth-order valence-electron chi connectivity index (χ4n) is 0.805. The number of hydrogen-bond donors (Lipinski definition) is 1. The molecule has 6 heteroatoms. The molecule has 0 spiro atoms. The second-order valence-corrected chi connectivity index (χ2v) is 2.23. The second kappa shape index (κ2) is 3.49. The first-order chi connectivity index (χ1) is 6.19. The van der Waals surface area contributed by atoms with E-state index in [-0.39, 0.29) is 12.1 Å². The number of carbonyl (C=O) groups excluding carboxylic acids is 1. The van der Waals surface area contributed by atoms with Crippen molar-refractivity contribution in [2.45, 2.75) is 6.54 Å². The predicted molar refractivity (Wildman–Crippen MR) is 42.1 cm³/mol. The number of carbonyl (C=O) groups is 1. The van der Waals surface area contributed by atoms with Crippen LogP contribution in [-0.2, 0) is 11.3 Å². The van der Waals surface area contributed by atoms with Crippen molar-refractivity contribution < 1.29 is 4.79 Å². The van der Waals surface area contributed by atoms with E-state index in [4.69, 9.17) is 5.26 Å². The number of rotatable bonds is 2. The molecule has 0 saturated carbocycles. The quantitative estimate of drug-likeness (QED) is 0.565. The molecule has 13 heavy (non-hydrogen) atoms. The van der Waals surface area contributed by atoms with Crippen molar-refractivity contribution in [3.8, 4) is 6.07 Å². The zero-order valence-electron chi connectivity index (χ0n) is 6.48. The standard InChI is InChI=1S/C7H5N3O3/c8-3-5-4-10(1-2-11)7(13)9-6(5)12/h2,4H,1H2,(H,9,12,13). The topological polar surface area (TPSA) is 95.7 Å². The third kappa shape index (κ3) is 1.70. The molecule has 0 saturated heterocycles. The molecule has 0 aromatic carbocycles. The highest BCUT2D eigenvalue weighted by Crippen LogP contribution is 1.82. The van der Waals surface area contributed by atoms with Gasteiger partial charge in [-0.15, -0.1) is 0 Å². The molecule has 0 aliphatic carbocycles. The molecule has 0 amide bonds. The summed E-state index contributed by atoms with van der Waals surface area (Å²) < 4.78 is 0.951. The van der Waals surface area contributed by atoms with Gasteiger partial charge in [0.2, 0.25) is 0 Å². The zero-order valence-corrected chi connectivity index (χ0v) is 6.48. The molecule has 66 valence electrons. The molecular weight excluding hydrogens is 174 g/mol. The lowest BCUT2D eigenvalue weighted by molar-refractivity contribution is -0.108. The predicted octanol–water partition coefficient (Wildman–Crippen LogP) is -1.39. The Hall–Kier alpha value is -2.16. The molecule has 1 heterocycles. The monoisotopic (exact) mass is 179 g/mol. The fraction of sp³-hybridized carbons (Fsp3) is 0.143. The summed E-state index contributed by atoms with van der Waals surface area (Å²) in [6.45, 7) is -0.176. The van der Waals surface area contributed by atoms with Crippen LogP contribution in [0.15, 0.2) is 15.8 Å². The van der Waals surface area contributed by atoms with Gasteiger partial charge in [-0.05, 0) is 0 Å². The second-order valence-electron chi connectivity index (χ2n) is 2.23. The number of hydrogen-bond acceptors (Lipinski definition) is 4. The first-order valence-corrected chi connectivity index (χ1v) is 3.36. The SMILES string of the molecule is N#Cc1cn(CC=O)c(=O)[nH]c1=O. The van der Waals surface area contributed by atoms with E-state index < -0.39 is 11.2 Å². The van der Waals surface area contributed by atoms with Crippen LogP contribution >= 0.6 is 0 Å². The highest BCUT2D eigenvalue weighted by Gasteiger charge is 2.02. The summed E-state index contributed by atoms with van der Waals surface area (Å²) >= 11 is 0. The number of H-pyrrole nitrogens is 1. The Kier molecular flexibility index (Phi) is 2.40. The van der Waals surface area contributed by atoms with E-state index in [1.807, 2.05) is 4.98 Å². The lowest BCUT2D eigenvalue weighted by Crippen LogP contribution is -2.31. The lowest BCUT2D eigenvalue weighted by atomic mass is 10.4. The van der Waals surface area contributed by atoms with Gasteiger partial charge in [0.1, 0.15) is 17.9 Å². The summed E-state index contributed by atoms with van der Waals surface area (Å²) in [5.41, 5.74) is -1.63. The van der Waals surface area contributed by atoms with E-state index in [1.165, 1.54) is 0 Å². The highest BCUT2D eigenvalue weighted by molar-refractivity contribution is 5.49. The first-order valence-electron chi connectivity index (χ1n) is 3.36. The van der Waals surface area contributed by atoms with Gasteiger partial charge in [0.15, 0.2) is 0 Å². The van der Waals surface area contributed by atoms with Crippen molar-refractivity contribution in [2.24, 2.45) is 0 Å². The fourth-order valence-corrected chi connectivity index (χ4v) is 0.805. The molecule has 0 bridgehead atoms. The third-order valence-electron chi connectivity index (χ3n) is 1.40. The van der Waals surface area contributed by atoms with Crippen LogP contribution in [0.4, 0.5) is 0 Å². The van der Waals surface area contributed by atoms with E-state index in [9.17, 15) is 14.4 Å². The van der Waals surface area contributed by atoms with Crippen molar-refractivity contribution in [1.29, 1.82) is 5.26 Å². The summed E-state index contributed by atoms with van der Waals surface area (Å²) in [5, 5.41) is 8.43. The molecule has 1 rings (SSSR count). The summed E-state index contributed by atoms with van der Waals surface area (Å²) in [4.78, 5) is 33.8. The molecule has 6 nitrogen and oxygen atoms in total. The van der Waals surface area contributed by atoms with Crippen LogP contribution in [0, 0.1) is 11.3 Å². The molecule has 0 aliphatic heterocycles. The van der Waals surface area contributed by atoms with Gasteiger partial charge >= 0.3 is 5.69 Å². The average Bonchev–Trinajstić information content (AvgIpc) is 2.10. The molecule has 0 unspecified atom stereocenters. The van der Waals surface area contributed by atoms with Crippen molar-refractivity contribution in [1.82, 2.24) is 9.55 Å². The zero-order chi connectivity index (χ0) is 9.84. The Bertz CT molecular complexity index is 477. The van der Waals surface area contributed by atoms with Gasteiger partial charge in [-0.2, -0.15) is 5.26 Å². The number of nitrogens with zero attached hydrogens (tertiary/aromatic N) is 2. The number of aromatic amines is 1. The van der Waals surface area contributed by atoms with Crippen LogP contribution in [0.5, 0.6) is 0 Å². The average molecular weight is 179 g/mol. The normalized spacial score (nSPS) is 9.15. The maximum absolute atomic E-state index is 10.9. The van der Waals surface area contributed by atoms with Crippen molar-refractivity contribution in [3.05, 3.63) is 32.6 Å². The lowest BCUT2D eigenvalue weighted by Gasteiger charge is -1.97. The maximum atomic E-state index is 10.9. The Labute approximate surface area is 72.1 Å². The van der Waals surface area contributed by atoms with Crippen molar-refractivity contribution in [2.75, 3.05) is 0 Å². The summed E-state index contributed by atoms with van der Waals surface area (Å²) in [6, 6.07) is 1.60. The van der Waals surface area contributed by atoms with E-state index >= 15 is 0 Å². The van der Waals surface area contributed by atoms with E-state index in [0.29, 0.717) is 6.29 Å². The van der Waals surface area contributed by atoms with Gasteiger partial charge in [-0.25, -0.2) is 4.79 Å². The van der Waals surface area contributed by atoms with E-state index in [1.54, 1.807) is 6.07 Å². The third-order valence-corrected chi connectivity index (χ3v) is 1.40. The largest absolute Gasteiger partial charge is 0.328 e. The Morgan fingerprint density at radius 1 is 1.62 bits per heavy atom. The first kappa shape index (κ1) is 8.93. The van der Waals surface area contributed by atoms with Crippen LogP contribution in [0.2, 0.25) is 0 Å². The van der Waals surface area contributed by atoms with Crippen molar-refractivity contribution >= 4 is 6.29 Å². The van der Waals surface area contributed by atoms with Gasteiger partial charge in [-0.3, -0.25) is 14.3 Å². The van der Waals surface area contributed by atoms with Gasteiger partial charge in [0, 0.05) is 6.20 Å². The van der Waals surface area contributed by atoms with Crippen LogP contribution in [0.1, 0.15) is 5.56 Å². The van der Waals surface area contributed by atoms with Gasteiger partial charge < -0.3 is 4.79 Å². The van der Waals surface area contributed by atoms with E-state index in [2.05, 4.69) is 0 Å². The van der Waals surface area contributed by atoms with Crippen LogP contribution in [0.3, 0.4) is 0 Å². The molecule has 0 radical (unpaired) electrons. The van der Waals surface area contributed by atoms with Gasteiger partial charge in [0.25, 0.3) is 5.56 Å². The number of nitrogens with one attached hydrogen (secondary N) is 1. The number of nitriles is 1. The molecular formula is C7H5N3O3. The summed E-state index contributed by atoms with van der Waals surface area (Å²) in [5.74, 6) is 0.